The molecule has 0 bridgehead atoms. The van der Waals surface area contributed by atoms with Gasteiger partial charge in [0, 0.05) is 10.9 Å². The van der Waals surface area contributed by atoms with Crippen molar-refractivity contribution in [2.75, 3.05) is 13.7 Å². The number of Topliss-reactive ketones (excluding diaryl/α,β-unsaturated/α-hetero) is 1. The molecule has 1 unspecified atom stereocenters. The van der Waals surface area contributed by atoms with Gasteiger partial charge in [0.15, 0.2) is 5.78 Å². The van der Waals surface area contributed by atoms with Crippen LogP contribution in [0.4, 0.5) is 0 Å². The number of hydrogen-bond acceptors (Lipinski definition) is 3. The predicted molar refractivity (Wildman–Crippen MR) is 79.7 cm³/mol. The fourth-order valence-corrected chi connectivity index (χ4v) is 3.09. The third-order valence-corrected chi connectivity index (χ3v) is 4.76. The molecule has 1 saturated heterocycles. The van der Waals surface area contributed by atoms with Crippen molar-refractivity contribution in [1.82, 2.24) is 5.32 Å². The molecule has 0 spiro atoms. The molecule has 19 heavy (non-hydrogen) atoms. The smallest absolute Gasteiger partial charge is 0.157 e. The largest absolute Gasteiger partial charge is 0.497 e. The Hall–Kier alpha value is -0.870. The number of carbonyl (C=O) groups excluding carboxylic acids is 1. The first-order chi connectivity index (χ1) is 9.11. The molecule has 0 amide bonds. The van der Waals surface area contributed by atoms with Crippen molar-refractivity contribution in [2.24, 2.45) is 0 Å². The van der Waals surface area contributed by atoms with Gasteiger partial charge in [-0.3, -0.25) is 4.79 Å². The number of carbonyl (C=O) groups is 1. The van der Waals surface area contributed by atoms with Crippen LogP contribution in [0.5, 0.6) is 5.75 Å². The van der Waals surface area contributed by atoms with E-state index >= 15 is 0 Å². The molecular formula is C15H20BrNO2. The molecule has 1 aliphatic heterocycles. The minimum Gasteiger partial charge on any atom is -0.497 e. The molecule has 3 nitrogen and oxygen atoms in total. The van der Waals surface area contributed by atoms with Crippen LogP contribution in [-0.2, 0) is 11.2 Å². The number of ether oxygens (including phenoxy) is 1. The Bertz CT molecular complexity index is 467. The average molecular weight is 326 g/mol. The third kappa shape index (κ3) is 3.00. The summed E-state index contributed by atoms with van der Waals surface area (Å²) in [6.07, 6.45) is 3.33. The van der Waals surface area contributed by atoms with E-state index in [1.165, 1.54) is 0 Å². The van der Waals surface area contributed by atoms with Gasteiger partial charge in [0.1, 0.15) is 5.75 Å². The summed E-state index contributed by atoms with van der Waals surface area (Å²) in [5.41, 5.74) is 0.675. The van der Waals surface area contributed by atoms with E-state index < -0.39 is 0 Å². The second-order valence-corrected chi connectivity index (χ2v) is 5.88. The summed E-state index contributed by atoms with van der Waals surface area (Å²) < 4.78 is 6.18. The van der Waals surface area contributed by atoms with Crippen LogP contribution in [0.1, 0.15) is 31.7 Å². The summed E-state index contributed by atoms with van der Waals surface area (Å²) in [4.78, 5) is 12.6. The Morgan fingerprint density at radius 3 is 2.89 bits per heavy atom. The number of halogens is 1. The van der Waals surface area contributed by atoms with Crippen LogP contribution >= 0.6 is 15.9 Å². The molecule has 1 heterocycles. The van der Waals surface area contributed by atoms with Gasteiger partial charge >= 0.3 is 0 Å². The molecule has 1 N–H and O–H groups in total. The van der Waals surface area contributed by atoms with Crippen LogP contribution in [0.25, 0.3) is 0 Å². The number of rotatable bonds is 5. The Kier molecular flexibility index (Phi) is 4.63. The highest BCUT2D eigenvalue weighted by Gasteiger charge is 2.38. The van der Waals surface area contributed by atoms with Gasteiger partial charge in [0.2, 0.25) is 0 Å². The maximum atomic E-state index is 12.6. The molecule has 0 saturated carbocycles. The zero-order valence-electron chi connectivity index (χ0n) is 11.5. The molecule has 1 aromatic rings. The second-order valence-electron chi connectivity index (χ2n) is 5.02. The lowest BCUT2D eigenvalue weighted by Crippen LogP contribution is -2.47. The minimum absolute atomic E-state index is 0.279. The number of nitrogens with one attached hydrogen (secondary N) is 1. The molecule has 0 aliphatic carbocycles. The SMILES string of the molecule is CCC1(C(=O)Cc2cc(OC)ccc2Br)CCCN1. The number of benzene rings is 1. The monoisotopic (exact) mass is 325 g/mol. The third-order valence-electron chi connectivity index (χ3n) is 3.98. The van der Waals surface area contributed by atoms with Crippen LogP contribution in [-0.4, -0.2) is 25.0 Å². The summed E-state index contributed by atoms with van der Waals surface area (Å²) in [6.45, 7) is 3.02. The van der Waals surface area contributed by atoms with Crippen molar-refractivity contribution in [3.05, 3.63) is 28.2 Å². The lowest BCUT2D eigenvalue weighted by Gasteiger charge is -2.26. The van der Waals surface area contributed by atoms with E-state index in [-0.39, 0.29) is 11.3 Å². The lowest BCUT2D eigenvalue weighted by atomic mass is 9.86. The standard InChI is InChI=1S/C15H20BrNO2/c1-3-15(7-4-8-17-15)14(18)10-11-9-12(19-2)5-6-13(11)16/h5-6,9,17H,3-4,7-8,10H2,1-2H3. The molecule has 1 fully saturated rings. The van der Waals surface area contributed by atoms with Crippen molar-refractivity contribution in [2.45, 2.75) is 38.1 Å². The van der Waals surface area contributed by atoms with E-state index in [4.69, 9.17) is 4.74 Å². The van der Waals surface area contributed by atoms with E-state index in [9.17, 15) is 4.79 Å². The zero-order chi connectivity index (χ0) is 13.9. The quantitative estimate of drug-likeness (QED) is 0.904. The van der Waals surface area contributed by atoms with E-state index in [2.05, 4.69) is 28.2 Å². The van der Waals surface area contributed by atoms with Crippen molar-refractivity contribution in [3.63, 3.8) is 0 Å². The van der Waals surface area contributed by atoms with Crippen LogP contribution < -0.4 is 10.1 Å². The first kappa shape index (κ1) is 14.5. The molecule has 104 valence electrons. The molecule has 1 aliphatic rings. The lowest BCUT2D eigenvalue weighted by molar-refractivity contribution is -0.124. The first-order valence-corrected chi connectivity index (χ1v) is 7.51. The number of hydrogen-bond donors (Lipinski definition) is 1. The summed E-state index contributed by atoms with van der Waals surface area (Å²) in [5, 5.41) is 3.39. The second kappa shape index (κ2) is 6.06. The Balaban J connectivity index is 2.18. The minimum atomic E-state index is -0.317. The molecule has 2 rings (SSSR count). The topological polar surface area (TPSA) is 38.3 Å². The molecule has 0 aromatic heterocycles. The van der Waals surface area contributed by atoms with Crippen LogP contribution in [0, 0.1) is 0 Å². The normalized spacial score (nSPS) is 22.5. The van der Waals surface area contributed by atoms with Gasteiger partial charge in [0.05, 0.1) is 12.6 Å². The highest BCUT2D eigenvalue weighted by Crippen LogP contribution is 2.28. The van der Waals surface area contributed by atoms with Crippen molar-refractivity contribution in [1.29, 1.82) is 0 Å². The van der Waals surface area contributed by atoms with Crippen molar-refractivity contribution in [3.8, 4) is 5.75 Å². The molecule has 1 aromatic carbocycles. The van der Waals surface area contributed by atoms with E-state index in [1.807, 2.05) is 18.2 Å². The predicted octanol–water partition coefficient (Wildman–Crippen LogP) is 3.10. The molecule has 4 heteroatoms. The van der Waals surface area contributed by atoms with Crippen LogP contribution in [0.2, 0.25) is 0 Å². The van der Waals surface area contributed by atoms with Gasteiger partial charge in [-0.1, -0.05) is 22.9 Å². The van der Waals surface area contributed by atoms with Crippen molar-refractivity contribution >= 4 is 21.7 Å². The van der Waals surface area contributed by atoms with Gasteiger partial charge in [0.25, 0.3) is 0 Å². The van der Waals surface area contributed by atoms with Crippen LogP contribution in [0.15, 0.2) is 22.7 Å². The van der Waals surface area contributed by atoms with Crippen LogP contribution in [0.3, 0.4) is 0 Å². The molecule has 1 atom stereocenters. The fourth-order valence-electron chi connectivity index (χ4n) is 2.70. The highest BCUT2D eigenvalue weighted by atomic mass is 79.9. The Morgan fingerprint density at radius 2 is 2.32 bits per heavy atom. The maximum Gasteiger partial charge on any atom is 0.157 e. The van der Waals surface area contributed by atoms with Gasteiger partial charge in [-0.25, -0.2) is 0 Å². The van der Waals surface area contributed by atoms with Gasteiger partial charge < -0.3 is 10.1 Å². The Morgan fingerprint density at radius 1 is 1.53 bits per heavy atom. The summed E-state index contributed by atoms with van der Waals surface area (Å²) in [7, 11) is 1.64. The van der Waals surface area contributed by atoms with Gasteiger partial charge in [-0.2, -0.15) is 0 Å². The number of ketones is 1. The molecule has 0 radical (unpaired) electrons. The van der Waals surface area contributed by atoms with E-state index in [1.54, 1.807) is 7.11 Å². The summed E-state index contributed by atoms with van der Waals surface area (Å²) in [6, 6.07) is 5.75. The van der Waals surface area contributed by atoms with E-state index in [0.717, 1.165) is 41.6 Å². The summed E-state index contributed by atoms with van der Waals surface area (Å²) in [5.74, 6) is 1.07. The Labute approximate surface area is 122 Å². The van der Waals surface area contributed by atoms with Crippen molar-refractivity contribution < 1.29 is 9.53 Å². The maximum absolute atomic E-state index is 12.6. The van der Waals surface area contributed by atoms with E-state index in [0.29, 0.717) is 6.42 Å². The summed E-state index contributed by atoms with van der Waals surface area (Å²) >= 11 is 3.51. The van der Waals surface area contributed by atoms with Gasteiger partial charge in [-0.15, -0.1) is 0 Å². The number of methoxy groups -OCH3 is 1. The average Bonchev–Trinajstić information content (AvgIpc) is 2.91. The zero-order valence-corrected chi connectivity index (χ0v) is 13.0. The first-order valence-electron chi connectivity index (χ1n) is 6.72. The molecular weight excluding hydrogens is 306 g/mol. The highest BCUT2D eigenvalue weighted by molar-refractivity contribution is 9.10. The fraction of sp³-hybridized carbons (Fsp3) is 0.533. The van der Waals surface area contributed by atoms with Gasteiger partial charge in [-0.05, 0) is 49.6 Å².